The smallest absolute Gasteiger partial charge is 0.223 e. The molecule has 1 N–H and O–H groups in total. The molecule has 0 aliphatic carbocycles. The second-order valence-corrected chi connectivity index (χ2v) is 8.89. The number of nitrogens with zero attached hydrogens (tertiary/aromatic N) is 3. The van der Waals surface area contributed by atoms with Gasteiger partial charge in [-0.15, -0.1) is 11.3 Å². The number of anilines is 1. The summed E-state index contributed by atoms with van der Waals surface area (Å²) in [6.45, 7) is 5.93. The van der Waals surface area contributed by atoms with Crippen LogP contribution in [0.25, 0.3) is 10.2 Å². The predicted molar refractivity (Wildman–Crippen MR) is 116 cm³/mol. The van der Waals surface area contributed by atoms with Crippen LogP contribution < -0.4 is 10.2 Å². The molecule has 0 unspecified atom stereocenters. The van der Waals surface area contributed by atoms with Crippen molar-refractivity contribution in [1.29, 1.82) is 0 Å². The van der Waals surface area contributed by atoms with Crippen molar-refractivity contribution in [2.75, 3.05) is 18.0 Å². The molecule has 1 fully saturated rings. The molecule has 0 bridgehead atoms. The van der Waals surface area contributed by atoms with E-state index in [4.69, 9.17) is 4.42 Å². The Morgan fingerprint density at radius 2 is 2.21 bits per heavy atom. The summed E-state index contributed by atoms with van der Waals surface area (Å²) in [6.07, 6.45) is 7.80. The molecule has 3 aromatic rings. The van der Waals surface area contributed by atoms with Crippen LogP contribution >= 0.6 is 11.3 Å². The first-order chi connectivity index (χ1) is 14.1. The van der Waals surface area contributed by atoms with Crippen molar-refractivity contribution in [3.63, 3.8) is 0 Å². The lowest BCUT2D eigenvalue weighted by Gasteiger charge is -2.32. The zero-order valence-electron chi connectivity index (χ0n) is 17.1. The highest BCUT2D eigenvalue weighted by Gasteiger charge is 2.27. The minimum atomic E-state index is 0.0725. The lowest BCUT2D eigenvalue weighted by atomic mass is 9.95. The van der Waals surface area contributed by atoms with Crippen molar-refractivity contribution >= 4 is 33.3 Å². The van der Waals surface area contributed by atoms with Crippen LogP contribution in [0.4, 0.5) is 5.82 Å². The number of hydrogen-bond acceptors (Lipinski definition) is 6. The van der Waals surface area contributed by atoms with Crippen molar-refractivity contribution in [3.8, 4) is 0 Å². The number of hydrogen-bond donors (Lipinski definition) is 1. The fourth-order valence-corrected chi connectivity index (χ4v) is 4.85. The fourth-order valence-electron chi connectivity index (χ4n) is 3.92. The second kappa shape index (κ2) is 8.95. The van der Waals surface area contributed by atoms with Gasteiger partial charge in [0.15, 0.2) is 0 Å². The highest BCUT2D eigenvalue weighted by atomic mass is 32.1. The molecule has 1 atom stereocenters. The summed E-state index contributed by atoms with van der Waals surface area (Å²) in [5.41, 5.74) is 0. The van der Waals surface area contributed by atoms with E-state index in [1.165, 1.54) is 4.88 Å². The maximum atomic E-state index is 12.7. The third-order valence-electron chi connectivity index (χ3n) is 5.67. The van der Waals surface area contributed by atoms with Gasteiger partial charge in [-0.2, -0.15) is 0 Å². The average molecular weight is 413 g/mol. The van der Waals surface area contributed by atoms with Gasteiger partial charge >= 0.3 is 0 Å². The molecular formula is C22H28N4O2S. The van der Waals surface area contributed by atoms with E-state index in [2.05, 4.69) is 40.1 Å². The van der Waals surface area contributed by atoms with Crippen molar-refractivity contribution in [2.45, 2.75) is 52.0 Å². The van der Waals surface area contributed by atoms with Gasteiger partial charge in [0.05, 0.1) is 11.6 Å². The fraction of sp³-hybridized carbons (Fsp3) is 0.500. The standard InChI is InChI=1S/C22H28N4O2S/c1-3-18-13-19-20(23-14-24-22(19)29-18)26-10-8-16(9-11-26)21(27)25-15(2)6-7-17-5-4-12-28-17/h4-5,12-16H,3,6-11H2,1-2H3,(H,25,27)/t15-/m1/s1. The first-order valence-corrected chi connectivity index (χ1v) is 11.3. The first kappa shape index (κ1) is 19.9. The summed E-state index contributed by atoms with van der Waals surface area (Å²) in [6, 6.07) is 6.24. The van der Waals surface area contributed by atoms with Gasteiger partial charge in [0.25, 0.3) is 0 Å². The number of nitrogens with one attached hydrogen (secondary N) is 1. The Bertz CT molecular complexity index is 945. The molecule has 3 aromatic heterocycles. The number of carbonyl (C=O) groups excluding carboxylic acids is 1. The largest absolute Gasteiger partial charge is 0.469 e. The van der Waals surface area contributed by atoms with E-state index < -0.39 is 0 Å². The highest BCUT2D eigenvalue weighted by molar-refractivity contribution is 7.18. The first-order valence-electron chi connectivity index (χ1n) is 10.4. The Hall–Kier alpha value is -2.41. The molecule has 7 heteroatoms. The number of amides is 1. The van der Waals surface area contributed by atoms with Crippen molar-refractivity contribution < 1.29 is 9.21 Å². The molecule has 0 spiro atoms. The molecule has 29 heavy (non-hydrogen) atoms. The molecule has 0 saturated carbocycles. The number of carbonyl (C=O) groups is 1. The van der Waals surface area contributed by atoms with Gasteiger partial charge in [-0.05, 0) is 50.8 Å². The molecular weight excluding hydrogens is 384 g/mol. The van der Waals surface area contributed by atoms with E-state index in [0.717, 1.165) is 67.0 Å². The summed E-state index contributed by atoms with van der Waals surface area (Å²) >= 11 is 1.74. The molecule has 1 amide bonds. The normalized spacial score (nSPS) is 16.3. The van der Waals surface area contributed by atoms with E-state index in [1.807, 2.05) is 12.1 Å². The van der Waals surface area contributed by atoms with Crippen LogP contribution in [0.15, 0.2) is 35.2 Å². The predicted octanol–water partition coefficient (Wildman–Crippen LogP) is 4.20. The van der Waals surface area contributed by atoms with Crippen LogP contribution in [0.1, 0.15) is 43.7 Å². The number of furan rings is 1. The lowest BCUT2D eigenvalue weighted by Crippen LogP contribution is -2.43. The van der Waals surface area contributed by atoms with E-state index in [0.29, 0.717) is 0 Å². The van der Waals surface area contributed by atoms with Crippen LogP contribution in [0.2, 0.25) is 0 Å². The van der Waals surface area contributed by atoms with Crippen LogP contribution in [0, 0.1) is 5.92 Å². The van der Waals surface area contributed by atoms with Gasteiger partial charge in [0.1, 0.15) is 22.7 Å². The summed E-state index contributed by atoms with van der Waals surface area (Å²) in [5, 5.41) is 4.33. The third-order valence-corrected chi connectivity index (χ3v) is 6.85. The Labute approximate surface area is 175 Å². The van der Waals surface area contributed by atoms with Gasteiger partial charge < -0.3 is 14.6 Å². The van der Waals surface area contributed by atoms with E-state index >= 15 is 0 Å². The molecule has 0 radical (unpaired) electrons. The molecule has 6 nitrogen and oxygen atoms in total. The van der Waals surface area contributed by atoms with Crippen molar-refractivity contribution in [2.24, 2.45) is 5.92 Å². The summed E-state index contributed by atoms with van der Waals surface area (Å²) in [7, 11) is 0. The van der Waals surface area contributed by atoms with E-state index in [-0.39, 0.29) is 17.9 Å². The third kappa shape index (κ3) is 4.61. The van der Waals surface area contributed by atoms with Gasteiger partial charge in [0, 0.05) is 36.3 Å². The monoisotopic (exact) mass is 412 g/mol. The van der Waals surface area contributed by atoms with Crippen LogP contribution in [-0.2, 0) is 17.6 Å². The number of thiophene rings is 1. The highest BCUT2D eigenvalue weighted by Crippen LogP contribution is 2.32. The van der Waals surface area contributed by atoms with Gasteiger partial charge in [-0.3, -0.25) is 4.79 Å². The van der Waals surface area contributed by atoms with E-state index in [1.54, 1.807) is 23.9 Å². The number of aromatic nitrogens is 2. The summed E-state index contributed by atoms with van der Waals surface area (Å²) in [5.74, 6) is 2.23. The Balaban J connectivity index is 1.31. The molecule has 4 heterocycles. The Morgan fingerprint density at radius 1 is 1.38 bits per heavy atom. The van der Waals surface area contributed by atoms with Crippen LogP contribution in [-0.4, -0.2) is 35.0 Å². The molecule has 1 aliphatic heterocycles. The topological polar surface area (TPSA) is 71.3 Å². The number of piperidine rings is 1. The maximum Gasteiger partial charge on any atom is 0.223 e. The average Bonchev–Trinajstić information content (AvgIpc) is 3.41. The molecule has 4 rings (SSSR count). The van der Waals surface area contributed by atoms with Gasteiger partial charge in [-0.25, -0.2) is 9.97 Å². The molecule has 1 saturated heterocycles. The van der Waals surface area contributed by atoms with E-state index in [9.17, 15) is 4.79 Å². The summed E-state index contributed by atoms with van der Waals surface area (Å²) < 4.78 is 5.37. The SMILES string of the molecule is CCc1cc2c(N3CCC(C(=O)N[C@H](C)CCc4ccco4)CC3)ncnc2s1. The Morgan fingerprint density at radius 3 is 2.93 bits per heavy atom. The quantitative estimate of drug-likeness (QED) is 0.630. The van der Waals surface area contributed by atoms with Crippen molar-refractivity contribution in [3.05, 3.63) is 41.4 Å². The second-order valence-electron chi connectivity index (χ2n) is 7.77. The van der Waals surface area contributed by atoms with Gasteiger partial charge in [-0.1, -0.05) is 6.92 Å². The molecule has 1 aliphatic rings. The Kier molecular flexibility index (Phi) is 6.13. The number of rotatable bonds is 7. The maximum absolute atomic E-state index is 12.7. The summed E-state index contributed by atoms with van der Waals surface area (Å²) in [4.78, 5) is 26.4. The zero-order valence-corrected chi connectivity index (χ0v) is 17.9. The number of fused-ring (bicyclic) bond motifs is 1. The molecule has 0 aromatic carbocycles. The van der Waals surface area contributed by atoms with Crippen LogP contribution in [0.5, 0.6) is 0 Å². The van der Waals surface area contributed by atoms with Gasteiger partial charge in [0.2, 0.25) is 5.91 Å². The zero-order chi connectivity index (χ0) is 20.2. The minimum absolute atomic E-state index is 0.0725. The number of aryl methyl sites for hydroxylation is 2. The lowest BCUT2D eigenvalue weighted by molar-refractivity contribution is -0.126. The minimum Gasteiger partial charge on any atom is -0.469 e. The molecule has 154 valence electrons. The van der Waals surface area contributed by atoms with Crippen molar-refractivity contribution in [1.82, 2.24) is 15.3 Å². The van der Waals surface area contributed by atoms with Crippen LogP contribution in [0.3, 0.4) is 0 Å².